The topological polar surface area (TPSA) is 54.0 Å². The van der Waals surface area contributed by atoms with Crippen molar-refractivity contribution in [2.45, 2.75) is 64.3 Å². The van der Waals surface area contributed by atoms with E-state index in [-0.39, 0.29) is 22.8 Å². The lowest BCUT2D eigenvalue weighted by molar-refractivity contribution is -0.145. The third-order valence-electron chi connectivity index (χ3n) is 6.21. The van der Waals surface area contributed by atoms with Gasteiger partial charge in [-0.25, -0.2) is 0 Å². The number of methoxy groups -OCH3 is 2. The van der Waals surface area contributed by atoms with Crippen LogP contribution in [0.25, 0.3) is 0 Å². The van der Waals surface area contributed by atoms with Crippen LogP contribution in [0.2, 0.25) is 0 Å². The number of cyclic esters (lactones) is 1. The maximum atomic E-state index is 12.2. The Morgan fingerprint density at radius 2 is 1.87 bits per heavy atom. The molecule has 0 spiro atoms. The van der Waals surface area contributed by atoms with Gasteiger partial charge in [0, 0.05) is 20.1 Å². The van der Waals surface area contributed by atoms with Crippen LogP contribution in [0.5, 0.6) is 11.5 Å². The van der Waals surface area contributed by atoms with Crippen molar-refractivity contribution in [2.24, 2.45) is 23.7 Å². The fourth-order valence-corrected chi connectivity index (χ4v) is 4.88. The van der Waals surface area contributed by atoms with Crippen molar-refractivity contribution in [1.29, 1.82) is 0 Å². The first-order valence-corrected chi connectivity index (χ1v) is 12.3. The molecular formula is C25H39BrO5. The summed E-state index contributed by atoms with van der Waals surface area (Å²) < 4.78 is 22.2. The van der Waals surface area contributed by atoms with Crippen molar-refractivity contribution in [2.75, 3.05) is 27.4 Å². The van der Waals surface area contributed by atoms with Crippen LogP contribution in [0.3, 0.4) is 0 Å². The van der Waals surface area contributed by atoms with Gasteiger partial charge in [0.15, 0.2) is 11.5 Å². The van der Waals surface area contributed by atoms with Crippen molar-refractivity contribution in [3.05, 3.63) is 23.8 Å². The van der Waals surface area contributed by atoms with E-state index >= 15 is 0 Å². The van der Waals surface area contributed by atoms with Gasteiger partial charge in [-0.15, -0.1) is 0 Å². The second-order valence-corrected chi connectivity index (χ2v) is 10.4. The summed E-state index contributed by atoms with van der Waals surface area (Å²) in [6.07, 6.45) is 3.49. The summed E-state index contributed by atoms with van der Waals surface area (Å²) in [4.78, 5) is 12.4. The number of ether oxygens (including phenoxy) is 4. The molecule has 176 valence electrons. The highest BCUT2D eigenvalue weighted by molar-refractivity contribution is 9.09. The summed E-state index contributed by atoms with van der Waals surface area (Å²) in [5.41, 5.74) is 1.23. The highest BCUT2D eigenvalue weighted by Gasteiger charge is 2.40. The molecule has 6 heteroatoms. The fraction of sp³-hybridized carbons (Fsp3) is 0.720. The Morgan fingerprint density at radius 3 is 2.45 bits per heavy atom. The molecule has 5 nitrogen and oxygen atoms in total. The molecule has 0 bridgehead atoms. The first-order chi connectivity index (χ1) is 14.8. The molecule has 1 aliphatic rings. The second kappa shape index (κ2) is 12.7. The largest absolute Gasteiger partial charge is 0.493 e. The van der Waals surface area contributed by atoms with E-state index in [1.807, 2.05) is 6.07 Å². The van der Waals surface area contributed by atoms with Gasteiger partial charge in [0.25, 0.3) is 0 Å². The fourth-order valence-electron chi connectivity index (χ4n) is 4.08. The van der Waals surface area contributed by atoms with Gasteiger partial charge >= 0.3 is 5.97 Å². The molecule has 0 amide bonds. The van der Waals surface area contributed by atoms with Gasteiger partial charge < -0.3 is 18.9 Å². The monoisotopic (exact) mass is 498 g/mol. The molecule has 1 aromatic carbocycles. The van der Waals surface area contributed by atoms with Crippen LogP contribution in [-0.2, 0) is 20.7 Å². The van der Waals surface area contributed by atoms with Crippen LogP contribution < -0.4 is 9.47 Å². The van der Waals surface area contributed by atoms with Crippen LogP contribution in [-0.4, -0.2) is 44.3 Å². The van der Waals surface area contributed by atoms with E-state index in [0.717, 1.165) is 37.2 Å². The van der Waals surface area contributed by atoms with E-state index in [9.17, 15) is 4.79 Å². The molecule has 0 aliphatic carbocycles. The number of hydrogen-bond acceptors (Lipinski definition) is 5. The minimum absolute atomic E-state index is 0.0157. The third kappa shape index (κ3) is 7.67. The number of hydrogen-bond donors (Lipinski definition) is 0. The van der Waals surface area contributed by atoms with E-state index in [0.29, 0.717) is 31.0 Å². The van der Waals surface area contributed by atoms with Crippen LogP contribution >= 0.6 is 15.9 Å². The molecule has 0 radical (unpaired) electrons. The number of carbonyl (C=O) groups excluding carboxylic acids is 1. The second-order valence-electron chi connectivity index (χ2n) is 9.20. The molecule has 1 aliphatic heterocycles. The summed E-state index contributed by atoms with van der Waals surface area (Å²) in [6.45, 7) is 9.96. The van der Waals surface area contributed by atoms with Crippen LogP contribution in [0.1, 0.15) is 52.5 Å². The molecule has 0 saturated carbocycles. The van der Waals surface area contributed by atoms with Gasteiger partial charge in [0.05, 0.1) is 24.5 Å². The minimum Gasteiger partial charge on any atom is -0.493 e. The Hall–Kier alpha value is -1.27. The highest BCUT2D eigenvalue weighted by atomic mass is 79.9. The zero-order chi connectivity index (χ0) is 23.0. The standard InChI is InChI=1S/C25H39BrO5/c1-16(2)19(14-21(26)23-15-20(17(3)4)25(27)31-23)12-18-8-9-22(29-6)24(13-18)30-11-7-10-28-5/h8-9,13,16-17,19-21,23H,7,10-12,14-15H2,1-6H3/t19?,20-,21?,23-/m0/s1. The van der Waals surface area contributed by atoms with Crippen LogP contribution in [0.4, 0.5) is 0 Å². The molecule has 4 atom stereocenters. The van der Waals surface area contributed by atoms with Gasteiger partial charge in [0.2, 0.25) is 0 Å². The average molecular weight is 499 g/mol. The lowest BCUT2D eigenvalue weighted by Crippen LogP contribution is -2.26. The molecule has 1 aromatic rings. The zero-order valence-corrected chi connectivity index (χ0v) is 21.4. The molecular weight excluding hydrogens is 460 g/mol. The van der Waals surface area contributed by atoms with E-state index in [1.54, 1.807) is 14.2 Å². The van der Waals surface area contributed by atoms with Gasteiger partial charge in [-0.2, -0.15) is 0 Å². The number of alkyl halides is 1. The predicted octanol–water partition coefficient (Wildman–Crippen LogP) is 5.67. The Balaban J connectivity index is 2.03. The zero-order valence-electron chi connectivity index (χ0n) is 19.9. The first kappa shape index (κ1) is 26.0. The molecule has 0 aromatic heterocycles. The minimum atomic E-state index is -0.0454. The molecule has 31 heavy (non-hydrogen) atoms. The molecule has 1 saturated heterocycles. The van der Waals surface area contributed by atoms with Gasteiger partial charge in [-0.05, 0) is 54.7 Å². The molecule has 1 fully saturated rings. The van der Waals surface area contributed by atoms with Crippen molar-refractivity contribution in [3.63, 3.8) is 0 Å². The predicted molar refractivity (Wildman–Crippen MR) is 127 cm³/mol. The van der Waals surface area contributed by atoms with Gasteiger partial charge in [0.1, 0.15) is 6.10 Å². The maximum Gasteiger partial charge on any atom is 0.309 e. The van der Waals surface area contributed by atoms with E-state index < -0.39 is 0 Å². The number of benzene rings is 1. The lowest BCUT2D eigenvalue weighted by atomic mass is 9.83. The first-order valence-electron chi connectivity index (χ1n) is 11.4. The van der Waals surface area contributed by atoms with Crippen molar-refractivity contribution >= 4 is 21.9 Å². The van der Waals surface area contributed by atoms with E-state index in [2.05, 4.69) is 55.8 Å². The van der Waals surface area contributed by atoms with E-state index in [4.69, 9.17) is 18.9 Å². The molecule has 0 N–H and O–H groups in total. The summed E-state index contributed by atoms with van der Waals surface area (Å²) in [6, 6.07) is 6.19. The Morgan fingerprint density at radius 1 is 1.13 bits per heavy atom. The Bertz CT molecular complexity index is 690. The normalized spacial score (nSPS) is 20.7. The smallest absolute Gasteiger partial charge is 0.309 e. The quantitative estimate of drug-likeness (QED) is 0.199. The summed E-state index contributed by atoms with van der Waals surface area (Å²) in [5, 5.41) is 0. The van der Waals surface area contributed by atoms with Crippen molar-refractivity contribution in [1.82, 2.24) is 0 Å². The van der Waals surface area contributed by atoms with Crippen molar-refractivity contribution < 1.29 is 23.7 Å². The number of esters is 1. The maximum absolute atomic E-state index is 12.2. The van der Waals surface area contributed by atoms with Gasteiger partial charge in [-0.1, -0.05) is 49.7 Å². The van der Waals surface area contributed by atoms with Crippen LogP contribution in [0, 0.1) is 23.7 Å². The Kier molecular flexibility index (Phi) is 10.6. The van der Waals surface area contributed by atoms with E-state index in [1.165, 1.54) is 5.56 Å². The lowest BCUT2D eigenvalue weighted by Gasteiger charge is -2.26. The highest BCUT2D eigenvalue weighted by Crippen LogP contribution is 2.36. The molecule has 2 unspecified atom stereocenters. The summed E-state index contributed by atoms with van der Waals surface area (Å²) in [5.74, 6) is 2.77. The Labute approximate surface area is 196 Å². The molecule has 2 rings (SSSR count). The third-order valence-corrected chi connectivity index (χ3v) is 7.18. The summed E-state index contributed by atoms with van der Waals surface area (Å²) >= 11 is 3.84. The van der Waals surface area contributed by atoms with Gasteiger partial charge in [-0.3, -0.25) is 4.79 Å². The number of carbonyl (C=O) groups is 1. The number of halogens is 1. The molecule has 1 heterocycles. The van der Waals surface area contributed by atoms with Crippen LogP contribution in [0.15, 0.2) is 18.2 Å². The van der Waals surface area contributed by atoms with Crippen molar-refractivity contribution in [3.8, 4) is 11.5 Å². The average Bonchev–Trinajstić information content (AvgIpc) is 3.13. The number of rotatable bonds is 13. The SMILES string of the molecule is COCCCOc1cc(CC(CC(Br)[C@@H]2C[C@@H](C(C)C)C(=O)O2)C(C)C)ccc1OC. The summed E-state index contributed by atoms with van der Waals surface area (Å²) in [7, 11) is 3.36.